The van der Waals surface area contributed by atoms with E-state index in [9.17, 15) is 8.78 Å². The topological polar surface area (TPSA) is 26.0 Å². The number of aryl methyl sites for hydroxylation is 1. The van der Waals surface area contributed by atoms with Gasteiger partial charge >= 0.3 is 0 Å². The van der Waals surface area contributed by atoms with E-state index in [0.29, 0.717) is 17.0 Å². The zero-order chi connectivity index (χ0) is 12.2. The Labute approximate surface area is 100 Å². The van der Waals surface area contributed by atoms with Crippen LogP contribution in [0.25, 0.3) is 0 Å². The highest BCUT2D eigenvalue weighted by Gasteiger charge is 2.47. The van der Waals surface area contributed by atoms with Crippen LogP contribution in [0.3, 0.4) is 0 Å². The largest absolute Gasteiger partial charge is 0.324 e. The van der Waals surface area contributed by atoms with Gasteiger partial charge < -0.3 is 5.73 Å². The van der Waals surface area contributed by atoms with Crippen molar-refractivity contribution in [2.45, 2.75) is 32.2 Å². The smallest absolute Gasteiger partial charge is 0.163 e. The summed E-state index contributed by atoms with van der Waals surface area (Å²) >= 11 is 0. The molecule has 2 fully saturated rings. The van der Waals surface area contributed by atoms with E-state index in [1.165, 1.54) is 6.42 Å². The molecule has 1 nitrogen and oxygen atoms in total. The Morgan fingerprint density at radius 2 is 1.76 bits per heavy atom. The molecule has 0 amide bonds. The summed E-state index contributed by atoms with van der Waals surface area (Å²) < 4.78 is 27.3. The normalized spacial score (nSPS) is 32.4. The second kappa shape index (κ2) is 3.77. The first-order chi connectivity index (χ1) is 8.08. The minimum absolute atomic E-state index is 0.329. The molecule has 1 aromatic rings. The minimum atomic E-state index is -0.752. The Kier molecular flexibility index (Phi) is 2.47. The van der Waals surface area contributed by atoms with E-state index in [1.807, 2.05) is 0 Å². The Balaban J connectivity index is 1.85. The van der Waals surface area contributed by atoms with E-state index < -0.39 is 11.6 Å². The molecule has 92 valence electrons. The standard InChI is InChI=1S/C14H17F2N/c1-7-2-3-11(13(16)12(7)15)14(17)10-5-8-4-9(8)6-10/h2-3,8-10,14H,4-6,17H2,1H3. The van der Waals surface area contributed by atoms with Gasteiger partial charge in [-0.05, 0) is 49.5 Å². The van der Waals surface area contributed by atoms with E-state index in [0.717, 1.165) is 24.7 Å². The molecule has 3 unspecified atom stereocenters. The van der Waals surface area contributed by atoms with E-state index >= 15 is 0 Å². The Morgan fingerprint density at radius 3 is 2.41 bits per heavy atom. The van der Waals surface area contributed by atoms with Gasteiger partial charge in [0.05, 0.1) is 0 Å². The lowest BCUT2D eigenvalue weighted by molar-refractivity contribution is 0.385. The van der Waals surface area contributed by atoms with Crippen LogP contribution in [-0.4, -0.2) is 0 Å². The fourth-order valence-electron chi connectivity index (χ4n) is 3.23. The summed E-state index contributed by atoms with van der Waals surface area (Å²) in [6, 6.07) is 2.91. The Bertz CT molecular complexity index is 448. The van der Waals surface area contributed by atoms with E-state index in [4.69, 9.17) is 5.73 Å². The van der Waals surface area contributed by atoms with Crippen molar-refractivity contribution in [2.24, 2.45) is 23.5 Å². The molecule has 0 aromatic heterocycles. The van der Waals surface area contributed by atoms with Gasteiger partial charge in [-0.25, -0.2) is 8.78 Å². The number of benzene rings is 1. The maximum Gasteiger partial charge on any atom is 0.163 e. The molecule has 0 saturated heterocycles. The summed E-state index contributed by atoms with van der Waals surface area (Å²) in [4.78, 5) is 0. The zero-order valence-corrected chi connectivity index (χ0v) is 9.92. The van der Waals surface area contributed by atoms with E-state index in [2.05, 4.69) is 0 Å². The van der Waals surface area contributed by atoms with Crippen molar-refractivity contribution < 1.29 is 8.78 Å². The number of halogens is 2. The van der Waals surface area contributed by atoms with Crippen molar-refractivity contribution in [2.75, 3.05) is 0 Å². The van der Waals surface area contributed by atoms with Crippen LogP contribution >= 0.6 is 0 Å². The molecule has 0 bridgehead atoms. The minimum Gasteiger partial charge on any atom is -0.324 e. The van der Waals surface area contributed by atoms with Gasteiger partial charge in [-0.2, -0.15) is 0 Å². The molecule has 2 N–H and O–H groups in total. The molecule has 2 aliphatic carbocycles. The second-order valence-electron chi connectivity index (χ2n) is 5.61. The van der Waals surface area contributed by atoms with Crippen molar-refractivity contribution in [1.29, 1.82) is 0 Å². The molecular formula is C14H17F2N. The Hall–Kier alpha value is -0.960. The molecule has 2 aliphatic rings. The monoisotopic (exact) mass is 237 g/mol. The average molecular weight is 237 g/mol. The number of fused-ring (bicyclic) bond motifs is 1. The third kappa shape index (κ3) is 1.77. The summed E-state index contributed by atoms with van der Waals surface area (Å²) in [6.07, 6.45) is 3.48. The van der Waals surface area contributed by atoms with Gasteiger partial charge in [0.15, 0.2) is 11.6 Å². The third-order valence-corrected chi connectivity index (χ3v) is 4.45. The Morgan fingerprint density at radius 1 is 1.12 bits per heavy atom. The first-order valence-electron chi connectivity index (χ1n) is 6.28. The fourth-order valence-corrected chi connectivity index (χ4v) is 3.23. The lowest BCUT2D eigenvalue weighted by Crippen LogP contribution is -2.22. The first kappa shape index (κ1) is 11.1. The van der Waals surface area contributed by atoms with Crippen LogP contribution in [0.4, 0.5) is 8.78 Å². The van der Waals surface area contributed by atoms with Gasteiger partial charge in [0.2, 0.25) is 0 Å². The van der Waals surface area contributed by atoms with Crippen LogP contribution in [0.15, 0.2) is 12.1 Å². The van der Waals surface area contributed by atoms with Crippen molar-refractivity contribution in [3.05, 3.63) is 34.9 Å². The van der Waals surface area contributed by atoms with E-state index in [-0.39, 0.29) is 6.04 Å². The lowest BCUT2D eigenvalue weighted by Gasteiger charge is -2.22. The van der Waals surface area contributed by atoms with Crippen molar-refractivity contribution >= 4 is 0 Å². The van der Waals surface area contributed by atoms with Gasteiger partial charge in [0, 0.05) is 11.6 Å². The number of hydrogen-bond donors (Lipinski definition) is 1. The van der Waals surface area contributed by atoms with Crippen LogP contribution in [0.2, 0.25) is 0 Å². The van der Waals surface area contributed by atoms with Crippen LogP contribution < -0.4 is 5.73 Å². The molecule has 3 heteroatoms. The first-order valence-corrected chi connectivity index (χ1v) is 6.28. The maximum atomic E-state index is 13.8. The molecule has 0 spiro atoms. The summed E-state index contributed by atoms with van der Waals surface area (Å²) in [7, 11) is 0. The molecule has 0 radical (unpaired) electrons. The predicted molar refractivity (Wildman–Crippen MR) is 62.3 cm³/mol. The predicted octanol–water partition coefficient (Wildman–Crippen LogP) is 3.32. The second-order valence-corrected chi connectivity index (χ2v) is 5.61. The van der Waals surface area contributed by atoms with Crippen LogP contribution in [0.5, 0.6) is 0 Å². The van der Waals surface area contributed by atoms with E-state index in [1.54, 1.807) is 19.1 Å². The number of hydrogen-bond acceptors (Lipinski definition) is 1. The average Bonchev–Trinajstić information content (AvgIpc) is 2.93. The highest BCUT2D eigenvalue weighted by molar-refractivity contribution is 5.28. The summed E-state index contributed by atoms with van der Waals surface area (Å²) in [5, 5.41) is 0. The molecule has 3 rings (SSSR count). The quantitative estimate of drug-likeness (QED) is 0.839. The van der Waals surface area contributed by atoms with Gasteiger partial charge in [0.1, 0.15) is 0 Å². The SMILES string of the molecule is Cc1ccc(C(N)C2CC3CC3C2)c(F)c1F. The van der Waals surface area contributed by atoms with Crippen LogP contribution in [0.1, 0.15) is 36.4 Å². The summed E-state index contributed by atoms with van der Waals surface area (Å²) in [5.74, 6) is 0.448. The van der Waals surface area contributed by atoms with Crippen LogP contribution in [0, 0.1) is 36.3 Å². The highest BCUT2D eigenvalue weighted by Crippen LogP contribution is 2.56. The molecule has 2 saturated carbocycles. The van der Waals surface area contributed by atoms with Gasteiger partial charge in [-0.1, -0.05) is 12.1 Å². The maximum absolute atomic E-state index is 13.8. The van der Waals surface area contributed by atoms with Gasteiger partial charge in [-0.15, -0.1) is 0 Å². The lowest BCUT2D eigenvalue weighted by atomic mass is 9.89. The molecule has 1 aromatic carbocycles. The molecule has 3 atom stereocenters. The van der Waals surface area contributed by atoms with Crippen molar-refractivity contribution in [3.8, 4) is 0 Å². The third-order valence-electron chi connectivity index (χ3n) is 4.45. The fraction of sp³-hybridized carbons (Fsp3) is 0.571. The summed E-state index contributed by atoms with van der Waals surface area (Å²) in [5.41, 5.74) is 6.78. The number of nitrogens with two attached hydrogens (primary N) is 1. The van der Waals surface area contributed by atoms with Crippen LogP contribution in [-0.2, 0) is 0 Å². The van der Waals surface area contributed by atoms with Gasteiger partial charge in [0.25, 0.3) is 0 Å². The zero-order valence-electron chi connectivity index (χ0n) is 9.92. The number of rotatable bonds is 2. The summed E-state index contributed by atoms with van der Waals surface area (Å²) in [6.45, 7) is 1.57. The molecule has 0 heterocycles. The van der Waals surface area contributed by atoms with Crippen molar-refractivity contribution in [1.82, 2.24) is 0 Å². The molecule has 0 aliphatic heterocycles. The molecule has 17 heavy (non-hydrogen) atoms. The van der Waals surface area contributed by atoms with Gasteiger partial charge in [-0.3, -0.25) is 0 Å². The molecular weight excluding hydrogens is 220 g/mol. The highest BCUT2D eigenvalue weighted by atomic mass is 19.2. The van der Waals surface area contributed by atoms with Crippen molar-refractivity contribution in [3.63, 3.8) is 0 Å².